The molecule has 0 unspecified atom stereocenters. The summed E-state index contributed by atoms with van der Waals surface area (Å²) in [5, 5.41) is 3.40. The summed E-state index contributed by atoms with van der Waals surface area (Å²) in [5.41, 5.74) is 3.20. The van der Waals surface area contributed by atoms with Gasteiger partial charge in [-0.3, -0.25) is 4.79 Å². The van der Waals surface area contributed by atoms with E-state index >= 15 is 0 Å². The number of nitrogens with one attached hydrogen (secondary N) is 1. The van der Waals surface area contributed by atoms with E-state index in [9.17, 15) is 4.79 Å². The molecule has 1 heterocycles. The summed E-state index contributed by atoms with van der Waals surface area (Å²) in [6.07, 6.45) is 0.306. The minimum Gasteiger partial charge on any atom is -0.302 e. The summed E-state index contributed by atoms with van der Waals surface area (Å²) in [4.78, 5) is 17.0. The standard InChI is InChI=1S/C14H15ClN2OS/c1-9-3-5-11(6-4-9)13-10(2)19-14(17-13)16-12(18)7-8-15/h3-6H,7-8H2,1-2H3,(H,16,17,18). The molecule has 100 valence electrons. The van der Waals surface area contributed by atoms with Crippen LogP contribution in [0.2, 0.25) is 0 Å². The number of hydrogen-bond acceptors (Lipinski definition) is 3. The predicted octanol–water partition coefficient (Wildman–Crippen LogP) is 3.99. The number of carbonyl (C=O) groups excluding carboxylic acids is 1. The van der Waals surface area contributed by atoms with Gasteiger partial charge in [0.2, 0.25) is 5.91 Å². The zero-order chi connectivity index (χ0) is 13.8. The first-order valence-corrected chi connectivity index (χ1v) is 7.35. The molecule has 0 aliphatic rings. The van der Waals surface area contributed by atoms with Gasteiger partial charge < -0.3 is 5.32 Å². The second-order valence-corrected chi connectivity index (χ2v) is 5.86. The van der Waals surface area contributed by atoms with Crippen LogP contribution in [0, 0.1) is 13.8 Å². The fourth-order valence-electron chi connectivity index (χ4n) is 1.70. The molecular formula is C14H15ClN2OS. The maximum atomic E-state index is 11.5. The van der Waals surface area contributed by atoms with Crippen molar-refractivity contribution in [3.63, 3.8) is 0 Å². The fraction of sp³-hybridized carbons (Fsp3) is 0.286. The van der Waals surface area contributed by atoms with E-state index in [-0.39, 0.29) is 5.91 Å². The highest BCUT2D eigenvalue weighted by molar-refractivity contribution is 7.16. The Morgan fingerprint density at radius 2 is 2.00 bits per heavy atom. The largest absolute Gasteiger partial charge is 0.302 e. The Labute approximate surface area is 121 Å². The van der Waals surface area contributed by atoms with E-state index in [0.29, 0.717) is 17.4 Å². The van der Waals surface area contributed by atoms with Gasteiger partial charge in [0.1, 0.15) is 0 Å². The van der Waals surface area contributed by atoms with Gasteiger partial charge in [0.05, 0.1) is 5.69 Å². The number of nitrogens with zero attached hydrogens (tertiary/aromatic N) is 1. The van der Waals surface area contributed by atoms with Crippen molar-refractivity contribution in [2.24, 2.45) is 0 Å². The Bertz CT molecular complexity index is 578. The van der Waals surface area contributed by atoms with Crippen LogP contribution in [0.15, 0.2) is 24.3 Å². The van der Waals surface area contributed by atoms with Crippen molar-refractivity contribution in [1.82, 2.24) is 4.98 Å². The number of amides is 1. The smallest absolute Gasteiger partial charge is 0.227 e. The molecule has 1 amide bonds. The molecule has 0 saturated carbocycles. The van der Waals surface area contributed by atoms with Crippen LogP contribution in [0.4, 0.5) is 5.13 Å². The van der Waals surface area contributed by atoms with E-state index in [1.165, 1.54) is 16.9 Å². The van der Waals surface area contributed by atoms with Gasteiger partial charge >= 0.3 is 0 Å². The minimum absolute atomic E-state index is 0.0980. The Morgan fingerprint density at radius 3 is 2.63 bits per heavy atom. The number of rotatable bonds is 4. The minimum atomic E-state index is -0.0980. The molecule has 0 aliphatic carbocycles. The third kappa shape index (κ3) is 3.55. The van der Waals surface area contributed by atoms with Crippen molar-refractivity contribution in [3.8, 4) is 11.3 Å². The van der Waals surface area contributed by atoms with E-state index in [4.69, 9.17) is 11.6 Å². The zero-order valence-electron chi connectivity index (χ0n) is 10.9. The van der Waals surface area contributed by atoms with Crippen molar-refractivity contribution in [3.05, 3.63) is 34.7 Å². The fourth-order valence-corrected chi connectivity index (χ4v) is 2.72. The lowest BCUT2D eigenvalue weighted by atomic mass is 10.1. The van der Waals surface area contributed by atoms with E-state index in [1.54, 1.807) is 0 Å². The highest BCUT2D eigenvalue weighted by Crippen LogP contribution is 2.30. The maximum Gasteiger partial charge on any atom is 0.227 e. The molecule has 2 aromatic rings. The molecule has 0 bridgehead atoms. The first-order valence-electron chi connectivity index (χ1n) is 6.00. The molecule has 0 atom stereocenters. The second-order valence-electron chi connectivity index (χ2n) is 4.28. The zero-order valence-corrected chi connectivity index (χ0v) is 12.4. The molecule has 3 nitrogen and oxygen atoms in total. The number of halogens is 1. The topological polar surface area (TPSA) is 42.0 Å². The first-order chi connectivity index (χ1) is 9.10. The van der Waals surface area contributed by atoms with E-state index in [2.05, 4.69) is 29.4 Å². The quantitative estimate of drug-likeness (QED) is 0.866. The average Bonchev–Trinajstić information content (AvgIpc) is 2.71. The molecule has 0 radical (unpaired) electrons. The van der Waals surface area contributed by atoms with Crippen molar-refractivity contribution in [2.75, 3.05) is 11.2 Å². The molecule has 2 rings (SSSR count). The van der Waals surface area contributed by atoms with Crippen molar-refractivity contribution < 1.29 is 4.79 Å². The lowest BCUT2D eigenvalue weighted by Gasteiger charge is -1.99. The third-order valence-corrected chi connectivity index (χ3v) is 3.76. The number of aryl methyl sites for hydroxylation is 2. The molecule has 5 heteroatoms. The summed E-state index contributed by atoms with van der Waals surface area (Å²) >= 11 is 7.01. The van der Waals surface area contributed by atoms with Crippen LogP contribution in [0.3, 0.4) is 0 Å². The maximum absolute atomic E-state index is 11.5. The molecule has 1 aromatic heterocycles. The van der Waals surface area contributed by atoms with Gasteiger partial charge in [-0.25, -0.2) is 4.98 Å². The highest BCUT2D eigenvalue weighted by atomic mass is 35.5. The predicted molar refractivity (Wildman–Crippen MR) is 81.0 cm³/mol. The van der Waals surface area contributed by atoms with Gasteiger partial charge in [0, 0.05) is 22.7 Å². The molecule has 19 heavy (non-hydrogen) atoms. The molecule has 0 spiro atoms. The van der Waals surface area contributed by atoms with Crippen LogP contribution in [0.5, 0.6) is 0 Å². The van der Waals surface area contributed by atoms with Gasteiger partial charge in [0.25, 0.3) is 0 Å². The number of aromatic nitrogens is 1. The molecule has 0 fully saturated rings. The van der Waals surface area contributed by atoms with Crippen LogP contribution in [-0.2, 0) is 4.79 Å². The van der Waals surface area contributed by atoms with E-state index in [1.807, 2.05) is 19.1 Å². The number of benzene rings is 1. The van der Waals surface area contributed by atoms with E-state index < -0.39 is 0 Å². The van der Waals surface area contributed by atoms with Gasteiger partial charge in [-0.05, 0) is 13.8 Å². The number of hydrogen-bond donors (Lipinski definition) is 1. The Balaban J connectivity index is 2.21. The van der Waals surface area contributed by atoms with Crippen LogP contribution in [0.1, 0.15) is 16.9 Å². The summed E-state index contributed by atoms with van der Waals surface area (Å²) in [5.74, 6) is 0.222. The average molecular weight is 295 g/mol. The molecule has 0 saturated heterocycles. The monoisotopic (exact) mass is 294 g/mol. The first kappa shape index (κ1) is 14.0. The van der Waals surface area contributed by atoms with Crippen molar-refractivity contribution in [1.29, 1.82) is 0 Å². The molecular weight excluding hydrogens is 280 g/mol. The molecule has 1 aromatic carbocycles. The van der Waals surface area contributed by atoms with Crippen molar-refractivity contribution in [2.45, 2.75) is 20.3 Å². The Morgan fingerprint density at radius 1 is 1.32 bits per heavy atom. The van der Waals surface area contributed by atoms with Crippen molar-refractivity contribution >= 4 is 34.0 Å². The SMILES string of the molecule is Cc1ccc(-c2nc(NC(=O)CCCl)sc2C)cc1. The van der Waals surface area contributed by atoms with Crippen LogP contribution >= 0.6 is 22.9 Å². The van der Waals surface area contributed by atoms with Gasteiger partial charge in [-0.2, -0.15) is 0 Å². The summed E-state index contributed by atoms with van der Waals surface area (Å²) in [6, 6.07) is 8.20. The highest BCUT2D eigenvalue weighted by Gasteiger charge is 2.11. The molecule has 1 N–H and O–H groups in total. The normalized spacial score (nSPS) is 10.5. The van der Waals surface area contributed by atoms with Gasteiger partial charge in [0.15, 0.2) is 5.13 Å². The lowest BCUT2D eigenvalue weighted by Crippen LogP contribution is -2.11. The van der Waals surface area contributed by atoms with Crippen LogP contribution in [-0.4, -0.2) is 16.8 Å². The number of carbonyl (C=O) groups is 1. The van der Waals surface area contributed by atoms with Gasteiger partial charge in [-0.1, -0.05) is 29.8 Å². The van der Waals surface area contributed by atoms with E-state index in [0.717, 1.165) is 16.1 Å². The Hall–Kier alpha value is -1.39. The number of anilines is 1. The summed E-state index contributed by atoms with van der Waals surface area (Å²) in [7, 11) is 0. The Kier molecular flexibility index (Phi) is 4.56. The van der Waals surface area contributed by atoms with Gasteiger partial charge in [-0.15, -0.1) is 22.9 Å². The number of thiazole rings is 1. The van der Waals surface area contributed by atoms with Crippen LogP contribution < -0.4 is 5.32 Å². The second kappa shape index (κ2) is 6.17. The lowest BCUT2D eigenvalue weighted by molar-refractivity contribution is -0.115. The summed E-state index contributed by atoms with van der Waals surface area (Å²) < 4.78 is 0. The summed E-state index contributed by atoms with van der Waals surface area (Å²) in [6.45, 7) is 4.06. The van der Waals surface area contributed by atoms with Crippen LogP contribution in [0.25, 0.3) is 11.3 Å². The third-order valence-electron chi connectivity index (χ3n) is 2.69. The number of alkyl halides is 1. The molecule has 0 aliphatic heterocycles.